The lowest BCUT2D eigenvalue weighted by atomic mass is 10.0. The molecule has 0 aromatic heterocycles. The molecule has 0 saturated carbocycles. The maximum atomic E-state index is 12.6. The molecular weight excluding hydrogens is 447 g/mol. The quantitative estimate of drug-likeness (QED) is 0.201. The molecule has 1 aromatic carbocycles. The summed E-state index contributed by atoms with van der Waals surface area (Å²) in [6, 6.07) is 4.18. The number of ether oxygens (including phenoxy) is 1. The molecule has 0 amide bonds. The van der Waals surface area contributed by atoms with E-state index >= 15 is 0 Å². The molecule has 0 bridgehead atoms. The number of nitro groups is 1. The van der Waals surface area contributed by atoms with E-state index in [1.54, 1.807) is 6.92 Å². The van der Waals surface area contributed by atoms with Crippen molar-refractivity contribution in [3.63, 3.8) is 0 Å². The molecule has 1 aliphatic heterocycles. The minimum atomic E-state index is -4.51. The summed E-state index contributed by atoms with van der Waals surface area (Å²) < 4.78 is 33.5. The highest BCUT2D eigenvalue weighted by Crippen LogP contribution is 2.56. The van der Waals surface area contributed by atoms with E-state index in [0.29, 0.717) is 0 Å². The van der Waals surface area contributed by atoms with Crippen molar-refractivity contribution in [1.29, 1.82) is 0 Å². The summed E-state index contributed by atoms with van der Waals surface area (Å²) in [4.78, 5) is 22.8. The van der Waals surface area contributed by atoms with Crippen molar-refractivity contribution >= 4 is 56.8 Å². The number of hydrogen-bond acceptors (Lipinski definition) is 7. The van der Waals surface area contributed by atoms with Crippen LogP contribution in [0.15, 0.2) is 24.3 Å². The van der Waals surface area contributed by atoms with Crippen molar-refractivity contribution in [2.75, 3.05) is 13.2 Å². The summed E-state index contributed by atoms with van der Waals surface area (Å²) in [5.41, 5.74) is -1.69. The van der Waals surface area contributed by atoms with Gasteiger partial charge in [0.25, 0.3) is 5.69 Å². The van der Waals surface area contributed by atoms with Crippen molar-refractivity contribution in [1.82, 2.24) is 4.31 Å². The van der Waals surface area contributed by atoms with Crippen LogP contribution < -0.4 is 0 Å². The Bertz CT molecular complexity index is 859. The average Bonchev–Trinajstić information content (AvgIpc) is 3.22. The number of esters is 1. The molecule has 1 heterocycles. The van der Waals surface area contributed by atoms with Crippen LogP contribution >= 0.6 is 34.8 Å². The summed E-state index contributed by atoms with van der Waals surface area (Å²) >= 11 is 16.5. The van der Waals surface area contributed by atoms with Gasteiger partial charge in [0.2, 0.25) is 3.79 Å². The van der Waals surface area contributed by atoms with Crippen LogP contribution in [0.25, 0.3) is 0 Å². The SMILES string of the molecule is CCOC(=O)C1(C)C(c2cccc([N+](=O)[O-])c2)N1S(=O)(=O)OCC(Cl)(Cl)Cl. The highest BCUT2D eigenvalue weighted by atomic mass is 35.6. The number of benzene rings is 1. The molecule has 3 atom stereocenters. The third-order valence-corrected chi connectivity index (χ3v) is 5.67. The van der Waals surface area contributed by atoms with Crippen LogP contribution in [-0.4, -0.2) is 46.2 Å². The second-order valence-corrected chi connectivity index (χ2v) is 9.75. The molecule has 3 unspecified atom stereocenters. The molecule has 0 spiro atoms. The second-order valence-electron chi connectivity index (χ2n) is 5.75. The number of halogens is 3. The maximum absolute atomic E-state index is 12.6. The predicted octanol–water partition coefficient (Wildman–Crippen LogP) is 2.90. The zero-order valence-corrected chi connectivity index (χ0v) is 17.2. The first kappa shape index (κ1) is 22.1. The third-order valence-electron chi connectivity index (χ3n) is 3.85. The largest absolute Gasteiger partial charge is 0.465 e. The van der Waals surface area contributed by atoms with E-state index in [-0.39, 0.29) is 17.9 Å². The fourth-order valence-electron chi connectivity index (χ4n) is 2.67. The van der Waals surface area contributed by atoms with Gasteiger partial charge in [0.05, 0.1) is 17.6 Å². The molecule has 1 saturated heterocycles. The molecular formula is C14H15Cl3N2O7S. The molecule has 2 rings (SSSR count). The Labute approximate surface area is 170 Å². The highest BCUT2D eigenvalue weighted by molar-refractivity contribution is 7.84. The van der Waals surface area contributed by atoms with E-state index < -0.39 is 43.2 Å². The lowest BCUT2D eigenvalue weighted by molar-refractivity contribution is -0.384. The van der Waals surface area contributed by atoms with Gasteiger partial charge in [-0.2, -0.15) is 8.42 Å². The van der Waals surface area contributed by atoms with E-state index in [1.807, 2.05) is 0 Å². The lowest BCUT2D eigenvalue weighted by Gasteiger charge is -2.14. The van der Waals surface area contributed by atoms with Crippen molar-refractivity contribution in [3.8, 4) is 0 Å². The summed E-state index contributed by atoms with van der Waals surface area (Å²) in [7, 11) is -4.51. The topological polar surface area (TPSA) is 116 Å². The number of nitrogens with zero attached hydrogens (tertiary/aromatic N) is 2. The monoisotopic (exact) mass is 460 g/mol. The van der Waals surface area contributed by atoms with Gasteiger partial charge in [-0.1, -0.05) is 46.9 Å². The van der Waals surface area contributed by atoms with E-state index in [2.05, 4.69) is 0 Å². The van der Waals surface area contributed by atoms with Gasteiger partial charge in [-0.05, 0) is 19.4 Å². The van der Waals surface area contributed by atoms with Crippen LogP contribution in [0.3, 0.4) is 0 Å². The first-order valence-electron chi connectivity index (χ1n) is 7.52. The Morgan fingerprint density at radius 3 is 2.56 bits per heavy atom. The van der Waals surface area contributed by atoms with Gasteiger partial charge in [-0.15, -0.1) is 4.31 Å². The number of alkyl halides is 3. The molecule has 0 radical (unpaired) electrons. The van der Waals surface area contributed by atoms with Gasteiger partial charge in [-0.25, -0.2) is 4.79 Å². The lowest BCUT2D eigenvalue weighted by Crippen LogP contribution is -2.33. The third kappa shape index (κ3) is 4.64. The molecule has 150 valence electrons. The molecule has 0 N–H and O–H groups in total. The molecule has 1 aliphatic rings. The van der Waals surface area contributed by atoms with Crippen molar-refractivity contribution in [2.24, 2.45) is 0 Å². The molecule has 13 heteroatoms. The van der Waals surface area contributed by atoms with Crippen LogP contribution in [0.1, 0.15) is 25.5 Å². The fraction of sp³-hybridized carbons (Fsp3) is 0.500. The van der Waals surface area contributed by atoms with Crippen LogP contribution in [0.5, 0.6) is 0 Å². The summed E-state index contributed by atoms with van der Waals surface area (Å²) in [5, 5.41) is 11.0. The minimum absolute atomic E-state index is 0.0129. The smallest absolute Gasteiger partial charge is 0.340 e. The van der Waals surface area contributed by atoms with Gasteiger partial charge in [0.15, 0.2) is 5.54 Å². The average molecular weight is 462 g/mol. The van der Waals surface area contributed by atoms with Gasteiger partial charge >= 0.3 is 16.3 Å². The van der Waals surface area contributed by atoms with Crippen LogP contribution in [-0.2, 0) is 24.0 Å². The van der Waals surface area contributed by atoms with Crippen molar-refractivity contribution in [2.45, 2.75) is 29.2 Å². The summed E-state index contributed by atoms with van der Waals surface area (Å²) in [6.45, 7) is 2.12. The van der Waals surface area contributed by atoms with E-state index in [4.69, 9.17) is 43.7 Å². The number of hydrogen-bond donors (Lipinski definition) is 0. The summed E-state index contributed by atoms with van der Waals surface area (Å²) in [6.07, 6.45) is 0. The van der Waals surface area contributed by atoms with Gasteiger partial charge in [0.1, 0.15) is 6.61 Å². The normalized spacial score (nSPS) is 25.1. The predicted molar refractivity (Wildman–Crippen MR) is 97.9 cm³/mol. The van der Waals surface area contributed by atoms with Crippen molar-refractivity contribution in [3.05, 3.63) is 39.9 Å². The van der Waals surface area contributed by atoms with Crippen LogP contribution in [0.2, 0.25) is 0 Å². The molecule has 1 aromatic rings. The number of nitro benzene ring substituents is 1. The van der Waals surface area contributed by atoms with E-state index in [0.717, 1.165) is 4.31 Å². The fourth-order valence-corrected chi connectivity index (χ4v) is 4.64. The number of rotatable bonds is 7. The second kappa shape index (κ2) is 7.69. The first-order valence-corrected chi connectivity index (χ1v) is 10.0. The molecule has 0 aliphatic carbocycles. The summed E-state index contributed by atoms with van der Waals surface area (Å²) in [5.74, 6) is -0.831. The number of carbonyl (C=O) groups is 1. The molecule has 27 heavy (non-hydrogen) atoms. The number of carbonyl (C=O) groups excluding carboxylic acids is 1. The zero-order chi connectivity index (χ0) is 20.6. The molecule has 1 fully saturated rings. The van der Waals surface area contributed by atoms with E-state index in [9.17, 15) is 23.3 Å². The Balaban J connectivity index is 2.43. The zero-order valence-electron chi connectivity index (χ0n) is 14.1. The Morgan fingerprint density at radius 2 is 2.04 bits per heavy atom. The minimum Gasteiger partial charge on any atom is -0.465 e. The number of non-ortho nitro benzene ring substituents is 1. The van der Waals surface area contributed by atoms with Gasteiger partial charge < -0.3 is 4.74 Å². The first-order chi connectivity index (χ1) is 12.3. The Hall–Kier alpha value is -1.17. The standard InChI is InChI=1S/C14H15Cl3N2O7S/c1-3-25-12(20)13(2)11(9-5-4-6-10(7-9)19(21)22)18(13)27(23,24)26-8-14(15,16)17/h4-7,11H,3,8H2,1-2H3. The van der Waals surface area contributed by atoms with Crippen LogP contribution in [0, 0.1) is 10.1 Å². The van der Waals surface area contributed by atoms with E-state index in [1.165, 1.54) is 31.2 Å². The maximum Gasteiger partial charge on any atom is 0.340 e. The van der Waals surface area contributed by atoms with Gasteiger partial charge in [-0.3, -0.25) is 14.3 Å². The van der Waals surface area contributed by atoms with Crippen LogP contribution in [0.4, 0.5) is 5.69 Å². The Kier molecular flexibility index (Phi) is 6.30. The molecule has 9 nitrogen and oxygen atoms in total. The Morgan fingerprint density at radius 1 is 1.41 bits per heavy atom. The van der Waals surface area contributed by atoms with Crippen molar-refractivity contribution < 1.29 is 27.1 Å². The highest BCUT2D eigenvalue weighted by Gasteiger charge is 2.72. The van der Waals surface area contributed by atoms with Gasteiger partial charge in [0, 0.05) is 12.1 Å².